The maximum absolute atomic E-state index is 6.07. The molecule has 0 bridgehead atoms. The van der Waals surface area contributed by atoms with Crippen LogP contribution >= 0.6 is 0 Å². The van der Waals surface area contributed by atoms with Crippen molar-refractivity contribution in [3.05, 3.63) is 29.8 Å². The highest BCUT2D eigenvalue weighted by Crippen LogP contribution is 2.27. The predicted octanol–water partition coefficient (Wildman–Crippen LogP) is 2.04. The third-order valence-electron chi connectivity index (χ3n) is 3.84. The number of likely N-dealkylation sites (tertiary alicyclic amines) is 1. The lowest BCUT2D eigenvalue weighted by atomic mass is 10.1. The smallest absolute Gasteiger partial charge is 0.118 e. The fourth-order valence-corrected chi connectivity index (χ4v) is 2.44. The van der Waals surface area contributed by atoms with Gasteiger partial charge in [-0.2, -0.15) is 0 Å². The Kier molecular flexibility index (Phi) is 3.69. The van der Waals surface area contributed by atoms with Gasteiger partial charge in [-0.25, -0.2) is 0 Å². The zero-order valence-electron chi connectivity index (χ0n) is 10.9. The van der Waals surface area contributed by atoms with Crippen molar-refractivity contribution < 1.29 is 4.74 Å². The van der Waals surface area contributed by atoms with E-state index in [4.69, 9.17) is 10.5 Å². The second-order valence-electron chi connectivity index (χ2n) is 5.04. The quantitative estimate of drug-likeness (QED) is 0.869. The number of rotatable bonds is 3. The molecule has 0 radical (unpaired) electrons. The summed E-state index contributed by atoms with van der Waals surface area (Å²) < 4.78 is 5.17. The average molecular weight is 234 g/mol. The molecule has 3 unspecified atom stereocenters. The zero-order chi connectivity index (χ0) is 12.4. The van der Waals surface area contributed by atoms with Gasteiger partial charge in [0.25, 0.3) is 0 Å². The van der Waals surface area contributed by atoms with Crippen LogP contribution in [0.3, 0.4) is 0 Å². The van der Waals surface area contributed by atoms with Crippen LogP contribution in [0.4, 0.5) is 0 Å². The molecule has 1 aromatic carbocycles. The summed E-state index contributed by atoms with van der Waals surface area (Å²) in [6.07, 6.45) is 0. The molecule has 1 fully saturated rings. The normalized spacial score (nSPS) is 27.1. The molecule has 2 N–H and O–H groups in total. The minimum atomic E-state index is 0.315. The first-order chi connectivity index (χ1) is 8.11. The Labute approximate surface area is 104 Å². The summed E-state index contributed by atoms with van der Waals surface area (Å²) in [6.45, 7) is 6.56. The van der Waals surface area contributed by atoms with Gasteiger partial charge in [0.1, 0.15) is 5.75 Å². The van der Waals surface area contributed by atoms with Crippen LogP contribution in [0.5, 0.6) is 5.75 Å². The summed E-state index contributed by atoms with van der Waals surface area (Å²) in [7, 11) is 1.69. The van der Waals surface area contributed by atoms with Crippen LogP contribution in [0.2, 0.25) is 0 Å². The molecule has 0 aromatic heterocycles. The summed E-state index contributed by atoms with van der Waals surface area (Å²) in [5.74, 6) is 1.50. The number of hydrogen-bond donors (Lipinski definition) is 1. The SMILES string of the molecule is COc1ccc(C(C)N2CC(C)C(N)C2)cc1. The minimum Gasteiger partial charge on any atom is -0.497 e. The highest BCUT2D eigenvalue weighted by Gasteiger charge is 2.29. The van der Waals surface area contributed by atoms with Crippen molar-refractivity contribution in [1.29, 1.82) is 0 Å². The molecule has 2 rings (SSSR count). The molecule has 1 heterocycles. The monoisotopic (exact) mass is 234 g/mol. The molecule has 1 aliphatic heterocycles. The molecular formula is C14H22N2O. The van der Waals surface area contributed by atoms with Crippen molar-refractivity contribution in [1.82, 2.24) is 4.90 Å². The molecule has 17 heavy (non-hydrogen) atoms. The van der Waals surface area contributed by atoms with Crippen molar-refractivity contribution in [2.45, 2.75) is 25.9 Å². The van der Waals surface area contributed by atoms with Crippen LogP contribution in [0.25, 0.3) is 0 Å². The number of hydrogen-bond acceptors (Lipinski definition) is 3. The molecule has 0 saturated carbocycles. The largest absolute Gasteiger partial charge is 0.497 e. The second kappa shape index (κ2) is 5.07. The first kappa shape index (κ1) is 12.4. The molecule has 3 nitrogen and oxygen atoms in total. The van der Waals surface area contributed by atoms with Gasteiger partial charge in [-0.05, 0) is 30.5 Å². The third-order valence-corrected chi connectivity index (χ3v) is 3.84. The molecule has 0 amide bonds. The van der Waals surface area contributed by atoms with E-state index in [9.17, 15) is 0 Å². The number of benzene rings is 1. The van der Waals surface area contributed by atoms with E-state index < -0.39 is 0 Å². The van der Waals surface area contributed by atoms with E-state index in [1.807, 2.05) is 12.1 Å². The van der Waals surface area contributed by atoms with Gasteiger partial charge in [0.05, 0.1) is 7.11 Å². The summed E-state index contributed by atoms with van der Waals surface area (Å²) in [5, 5.41) is 0. The highest BCUT2D eigenvalue weighted by atomic mass is 16.5. The van der Waals surface area contributed by atoms with Gasteiger partial charge in [0, 0.05) is 25.2 Å². The molecule has 1 aliphatic rings. The molecule has 1 saturated heterocycles. The number of nitrogens with zero attached hydrogens (tertiary/aromatic N) is 1. The maximum Gasteiger partial charge on any atom is 0.118 e. The molecular weight excluding hydrogens is 212 g/mol. The topological polar surface area (TPSA) is 38.5 Å². The summed E-state index contributed by atoms with van der Waals surface area (Å²) in [4.78, 5) is 2.46. The van der Waals surface area contributed by atoms with Crippen molar-refractivity contribution in [3.8, 4) is 5.75 Å². The van der Waals surface area contributed by atoms with E-state index in [0.717, 1.165) is 18.8 Å². The summed E-state index contributed by atoms with van der Waals surface area (Å²) in [5.41, 5.74) is 7.39. The predicted molar refractivity (Wildman–Crippen MR) is 70.1 cm³/mol. The average Bonchev–Trinajstić information content (AvgIpc) is 2.69. The number of ether oxygens (including phenoxy) is 1. The second-order valence-corrected chi connectivity index (χ2v) is 5.04. The first-order valence-electron chi connectivity index (χ1n) is 6.25. The molecule has 3 heteroatoms. The Hall–Kier alpha value is -1.06. The van der Waals surface area contributed by atoms with Gasteiger partial charge in [0.15, 0.2) is 0 Å². The Bertz CT molecular complexity index is 353. The Morgan fingerprint density at radius 3 is 2.41 bits per heavy atom. The fourth-order valence-electron chi connectivity index (χ4n) is 2.44. The van der Waals surface area contributed by atoms with Gasteiger partial charge >= 0.3 is 0 Å². The molecule has 0 spiro atoms. The lowest BCUT2D eigenvalue weighted by Crippen LogP contribution is -2.29. The molecule has 0 aliphatic carbocycles. The van der Waals surface area contributed by atoms with Crippen molar-refractivity contribution in [3.63, 3.8) is 0 Å². The van der Waals surface area contributed by atoms with Crippen LogP contribution in [-0.2, 0) is 0 Å². The summed E-state index contributed by atoms with van der Waals surface area (Å²) >= 11 is 0. The van der Waals surface area contributed by atoms with E-state index >= 15 is 0 Å². The van der Waals surface area contributed by atoms with Crippen LogP contribution in [-0.4, -0.2) is 31.1 Å². The zero-order valence-corrected chi connectivity index (χ0v) is 10.9. The van der Waals surface area contributed by atoms with E-state index in [0.29, 0.717) is 18.0 Å². The van der Waals surface area contributed by atoms with Crippen LogP contribution in [0, 0.1) is 5.92 Å². The van der Waals surface area contributed by atoms with Crippen molar-refractivity contribution >= 4 is 0 Å². The van der Waals surface area contributed by atoms with Gasteiger partial charge in [0.2, 0.25) is 0 Å². The first-order valence-corrected chi connectivity index (χ1v) is 6.25. The van der Waals surface area contributed by atoms with Crippen LogP contribution < -0.4 is 10.5 Å². The van der Waals surface area contributed by atoms with Gasteiger partial charge in [-0.3, -0.25) is 4.90 Å². The van der Waals surface area contributed by atoms with Crippen LogP contribution in [0.15, 0.2) is 24.3 Å². The van der Waals surface area contributed by atoms with E-state index in [1.165, 1.54) is 5.56 Å². The highest BCUT2D eigenvalue weighted by molar-refractivity contribution is 5.29. The fraction of sp³-hybridized carbons (Fsp3) is 0.571. The Balaban J connectivity index is 2.06. The van der Waals surface area contributed by atoms with Crippen molar-refractivity contribution in [2.24, 2.45) is 11.7 Å². The Morgan fingerprint density at radius 1 is 1.29 bits per heavy atom. The van der Waals surface area contributed by atoms with Crippen molar-refractivity contribution in [2.75, 3.05) is 20.2 Å². The number of nitrogens with two attached hydrogens (primary N) is 1. The van der Waals surface area contributed by atoms with Gasteiger partial charge in [-0.15, -0.1) is 0 Å². The number of methoxy groups -OCH3 is 1. The van der Waals surface area contributed by atoms with E-state index in [1.54, 1.807) is 7.11 Å². The van der Waals surface area contributed by atoms with Gasteiger partial charge in [-0.1, -0.05) is 19.1 Å². The standard InChI is InChI=1S/C14H22N2O/c1-10-8-16(9-14(10)15)11(2)12-4-6-13(17-3)7-5-12/h4-7,10-11,14H,8-9,15H2,1-3H3. The maximum atomic E-state index is 6.07. The third kappa shape index (κ3) is 2.61. The Morgan fingerprint density at radius 2 is 1.94 bits per heavy atom. The van der Waals surface area contributed by atoms with Gasteiger partial charge < -0.3 is 10.5 Å². The lowest BCUT2D eigenvalue weighted by molar-refractivity contribution is 0.253. The minimum absolute atomic E-state index is 0.315. The lowest BCUT2D eigenvalue weighted by Gasteiger charge is -2.24. The molecule has 3 atom stereocenters. The molecule has 1 aromatic rings. The van der Waals surface area contributed by atoms with E-state index in [-0.39, 0.29) is 0 Å². The summed E-state index contributed by atoms with van der Waals surface area (Å²) in [6, 6.07) is 9.06. The van der Waals surface area contributed by atoms with E-state index in [2.05, 4.69) is 30.9 Å². The molecule has 94 valence electrons. The van der Waals surface area contributed by atoms with Crippen LogP contribution in [0.1, 0.15) is 25.5 Å².